The molecule has 0 N–H and O–H groups in total. The number of likely N-dealkylation sites (tertiary alicyclic amines) is 1. The molecule has 7 heteroatoms. The first-order chi connectivity index (χ1) is 15.1. The number of aromatic nitrogens is 1. The van der Waals surface area contributed by atoms with Gasteiger partial charge in [-0.25, -0.2) is 17.2 Å². The highest BCUT2D eigenvalue weighted by Crippen LogP contribution is 2.36. The van der Waals surface area contributed by atoms with E-state index in [1.165, 1.54) is 3.97 Å². The van der Waals surface area contributed by atoms with Crippen LogP contribution < -0.4 is 0 Å². The molecule has 1 saturated heterocycles. The number of piperidine rings is 1. The number of aryl methyl sites for hydroxylation is 1. The number of fused-ring (bicyclic) bond motifs is 1. The first kappa shape index (κ1) is 22.4. The monoisotopic (exact) mass is 454 g/mol. The topological polar surface area (TPSA) is 68.6 Å². The van der Waals surface area contributed by atoms with Crippen molar-refractivity contribution in [3.63, 3.8) is 0 Å². The summed E-state index contributed by atoms with van der Waals surface area (Å²) in [5.41, 5.74) is 1.73. The predicted octanol–water partition coefficient (Wildman–Crippen LogP) is 5.30. The van der Waals surface area contributed by atoms with Crippen molar-refractivity contribution < 1.29 is 17.9 Å². The lowest BCUT2D eigenvalue weighted by molar-refractivity contribution is 0.0197. The van der Waals surface area contributed by atoms with Crippen molar-refractivity contribution in [2.45, 2.75) is 57.0 Å². The van der Waals surface area contributed by atoms with Gasteiger partial charge in [0.25, 0.3) is 10.0 Å². The van der Waals surface area contributed by atoms with E-state index in [1.54, 1.807) is 35.2 Å². The molecule has 170 valence electrons. The standard InChI is InChI=1S/C25H30N2O4S/c1-18-10-8-11-19-16-22(20-12-9-15-26(17-20)24(28)31-25(2,3)4)27(23(18)19)32(29,30)21-13-6-5-7-14-21/h5-8,10-11,13-14,16,20H,9,12,15,17H2,1-4H3. The lowest BCUT2D eigenvalue weighted by Crippen LogP contribution is -2.42. The van der Waals surface area contributed by atoms with Crippen LogP contribution in [0, 0.1) is 6.92 Å². The van der Waals surface area contributed by atoms with Crippen molar-refractivity contribution >= 4 is 27.0 Å². The lowest BCUT2D eigenvalue weighted by atomic mass is 9.95. The molecule has 3 aromatic rings. The summed E-state index contributed by atoms with van der Waals surface area (Å²) in [5, 5.41) is 0.883. The Morgan fingerprint density at radius 3 is 2.47 bits per heavy atom. The molecule has 2 heterocycles. The molecule has 0 saturated carbocycles. The Morgan fingerprint density at radius 2 is 1.78 bits per heavy atom. The minimum Gasteiger partial charge on any atom is -0.444 e. The molecule has 0 bridgehead atoms. The van der Waals surface area contributed by atoms with Crippen LogP contribution >= 0.6 is 0 Å². The van der Waals surface area contributed by atoms with Crippen LogP contribution in [0.25, 0.3) is 10.9 Å². The molecule has 1 aliphatic heterocycles. The number of carbonyl (C=O) groups is 1. The summed E-state index contributed by atoms with van der Waals surface area (Å²) in [6.45, 7) is 8.50. The summed E-state index contributed by atoms with van der Waals surface area (Å²) in [5.74, 6) is -0.110. The maximum atomic E-state index is 13.8. The molecular formula is C25H30N2O4S. The maximum absolute atomic E-state index is 13.8. The number of hydrogen-bond donors (Lipinski definition) is 0. The molecule has 1 atom stereocenters. The molecule has 1 fully saturated rings. The third kappa shape index (κ3) is 4.26. The highest BCUT2D eigenvalue weighted by molar-refractivity contribution is 7.90. The Hall–Kier alpha value is -2.80. The lowest BCUT2D eigenvalue weighted by Gasteiger charge is -2.34. The van der Waals surface area contributed by atoms with Gasteiger partial charge in [0.2, 0.25) is 0 Å². The number of nitrogens with zero attached hydrogens (tertiary/aromatic N) is 2. The first-order valence-corrected chi connectivity index (χ1v) is 12.4. The number of carbonyl (C=O) groups excluding carboxylic acids is 1. The molecule has 1 unspecified atom stereocenters. The van der Waals surface area contributed by atoms with E-state index < -0.39 is 15.6 Å². The fraction of sp³-hybridized carbons (Fsp3) is 0.400. The van der Waals surface area contributed by atoms with E-state index >= 15 is 0 Å². The molecule has 32 heavy (non-hydrogen) atoms. The van der Waals surface area contributed by atoms with E-state index in [2.05, 4.69) is 0 Å². The van der Waals surface area contributed by atoms with Gasteiger partial charge in [-0.2, -0.15) is 0 Å². The van der Waals surface area contributed by atoms with E-state index in [4.69, 9.17) is 4.74 Å². The third-order valence-electron chi connectivity index (χ3n) is 5.78. The van der Waals surface area contributed by atoms with E-state index in [9.17, 15) is 13.2 Å². The molecule has 0 radical (unpaired) electrons. The summed E-state index contributed by atoms with van der Waals surface area (Å²) in [6, 6.07) is 16.3. The fourth-order valence-electron chi connectivity index (χ4n) is 4.37. The number of rotatable bonds is 3. The van der Waals surface area contributed by atoms with E-state index in [0.29, 0.717) is 24.3 Å². The largest absolute Gasteiger partial charge is 0.444 e. The smallest absolute Gasteiger partial charge is 0.410 e. The van der Waals surface area contributed by atoms with Gasteiger partial charge in [0, 0.05) is 30.1 Å². The van der Waals surface area contributed by atoms with Crippen molar-refractivity contribution in [3.05, 3.63) is 65.9 Å². The SMILES string of the molecule is Cc1cccc2cc(C3CCCN(C(=O)OC(C)(C)C)C3)n(S(=O)(=O)c3ccccc3)c12. The Labute approximate surface area is 189 Å². The second kappa shape index (κ2) is 8.28. The molecule has 2 aromatic carbocycles. The number of benzene rings is 2. The first-order valence-electron chi connectivity index (χ1n) is 11.0. The van der Waals surface area contributed by atoms with Crippen LogP contribution in [-0.2, 0) is 14.8 Å². The van der Waals surface area contributed by atoms with Crippen LogP contribution in [0.15, 0.2) is 59.5 Å². The van der Waals surface area contributed by atoms with Crippen LogP contribution in [0.4, 0.5) is 4.79 Å². The van der Waals surface area contributed by atoms with Crippen molar-refractivity contribution in [2.75, 3.05) is 13.1 Å². The quantitative estimate of drug-likeness (QED) is 0.538. The number of ether oxygens (including phenoxy) is 1. The molecular weight excluding hydrogens is 424 g/mol. The number of para-hydroxylation sites is 1. The Balaban J connectivity index is 1.81. The molecule has 0 spiro atoms. The highest BCUT2D eigenvalue weighted by Gasteiger charge is 2.33. The molecule has 1 aromatic heterocycles. The van der Waals surface area contributed by atoms with E-state index in [-0.39, 0.29) is 16.9 Å². The zero-order valence-corrected chi connectivity index (χ0v) is 19.9. The van der Waals surface area contributed by atoms with Gasteiger partial charge >= 0.3 is 6.09 Å². The maximum Gasteiger partial charge on any atom is 0.410 e. The average molecular weight is 455 g/mol. The Morgan fingerprint density at radius 1 is 1.06 bits per heavy atom. The second-order valence-electron chi connectivity index (χ2n) is 9.43. The van der Waals surface area contributed by atoms with Gasteiger partial charge in [0.05, 0.1) is 10.4 Å². The van der Waals surface area contributed by atoms with E-state index in [1.807, 2.05) is 52.0 Å². The zero-order chi connectivity index (χ0) is 23.1. The van der Waals surface area contributed by atoms with Gasteiger partial charge in [-0.3, -0.25) is 0 Å². The average Bonchev–Trinajstić information content (AvgIpc) is 3.15. The summed E-state index contributed by atoms with van der Waals surface area (Å²) in [4.78, 5) is 14.6. The summed E-state index contributed by atoms with van der Waals surface area (Å²) < 4.78 is 34.6. The summed E-state index contributed by atoms with van der Waals surface area (Å²) in [7, 11) is -3.81. The van der Waals surface area contributed by atoms with Crippen LogP contribution in [0.1, 0.15) is 50.8 Å². The van der Waals surface area contributed by atoms with Crippen LogP contribution in [0.3, 0.4) is 0 Å². The molecule has 0 aliphatic carbocycles. The number of hydrogen-bond acceptors (Lipinski definition) is 4. The molecule has 1 aliphatic rings. The van der Waals surface area contributed by atoms with Crippen molar-refractivity contribution in [1.29, 1.82) is 0 Å². The summed E-state index contributed by atoms with van der Waals surface area (Å²) >= 11 is 0. The summed E-state index contributed by atoms with van der Waals surface area (Å²) in [6.07, 6.45) is 1.24. The number of amides is 1. The van der Waals surface area contributed by atoms with Crippen LogP contribution in [0.5, 0.6) is 0 Å². The zero-order valence-electron chi connectivity index (χ0n) is 19.0. The second-order valence-corrected chi connectivity index (χ2v) is 11.2. The fourth-order valence-corrected chi connectivity index (χ4v) is 6.05. The van der Waals surface area contributed by atoms with Crippen molar-refractivity contribution in [3.8, 4) is 0 Å². The van der Waals surface area contributed by atoms with Gasteiger partial charge in [-0.1, -0.05) is 36.4 Å². The van der Waals surface area contributed by atoms with Gasteiger partial charge < -0.3 is 9.64 Å². The minimum absolute atomic E-state index is 0.110. The molecule has 6 nitrogen and oxygen atoms in total. The van der Waals surface area contributed by atoms with Crippen LogP contribution in [-0.4, -0.2) is 42.1 Å². The molecule has 1 amide bonds. The highest BCUT2D eigenvalue weighted by atomic mass is 32.2. The molecule has 4 rings (SSSR count). The Bertz CT molecular complexity index is 1240. The Kier molecular flexibility index (Phi) is 5.79. The third-order valence-corrected chi connectivity index (χ3v) is 7.52. The van der Waals surface area contributed by atoms with Gasteiger partial charge in [-0.05, 0) is 64.3 Å². The van der Waals surface area contributed by atoms with Crippen molar-refractivity contribution in [2.24, 2.45) is 0 Å². The van der Waals surface area contributed by atoms with Crippen molar-refractivity contribution in [1.82, 2.24) is 8.87 Å². The minimum atomic E-state index is -3.81. The normalized spacial score (nSPS) is 17.5. The van der Waals surface area contributed by atoms with Gasteiger partial charge in [-0.15, -0.1) is 0 Å². The van der Waals surface area contributed by atoms with E-state index in [0.717, 1.165) is 23.8 Å². The van der Waals surface area contributed by atoms with Gasteiger partial charge in [0.1, 0.15) is 5.60 Å². The predicted molar refractivity (Wildman–Crippen MR) is 125 cm³/mol. The van der Waals surface area contributed by atoms with Gasteiger partial charge in [0.15, 0.2) is 0 Å². The van der Waals surface area contributed by atoms with Crippen LogP contribution in [0.2, 0.25) is 0 Å².